The van der Waals surface area contributed by atoms with E-state index in [-0.39, 0.29) is 11.9 Å². The van der Waals surface area contributed by atoms with Crippen molar-refractivity contribution in [3.8, 4) is 0 Å². The maximum atomic E-state index is 12.3. The van der Waals surface area contributed by atoms with Crippen LogP contribution in [-0.4, -0.2) is 41.6 Å². The second-order valence-electron chi connectivity index (χ2n) is 6.19. The lowest BCUT2D eigenvalue weighted by molar-refractivity contribution is 0.0754. The van der Waals surface area contributed by atoms with E-state index in [1.165, 1.54) is 19.3 Å². The molecule has 1 fully saturated rings. The van der Waals surface area contributed by atoms with E-state index in [1.807, 2.05) is 26.0 Å². The van der Waals surface area contributed by atoms with Crippen molar-refractivity contribution in [2.75, 3.05) is 13.6 Å². The van der Waals surface area contributed by atoms with E-state index >= 15 is 0 Å². The average molecular weight is 290 g/mol. The van der Waals surface area contributed by atoms with Gasteiger partial charge in [0.2, 0.25) is 0 Å². The van der Waals surface area contributed by atoms with Gasteiger partial charge >= 0.3 is 0 Å². The molecule has 1 saturated carbocycles. The summed E-state index contributed by atoms with van der Waals surface area (Å²) in [5.74, 6) is -0.00833. The van der Waals surface area contributed by atoms with Crippen molar-refractivity contribution in [3.05, 3.63) is 35.4 Å². The van der Waals surface area contributed by atoms with Gasteiger partial charge in [-0.25, -0.2) is 0 Å². The fraction of sp³-hybridized carbons (Fsp3) is 0.588. The number of aliphatic hydroxyl groups excluding tert-OH is 1. The van der Waals surface area contributed by atoms with Gasteiger partial charge in [0.05, 0.1) is 6.10 Å². The minimum atomic E-state index is -0.567. The first-order valence-corrected chi connectivity index (χ1v) is 7.77. The highest BCUT2D eigenvalue weighted by atomic mass is 16.3. The smallest absolute Gasteiger partial charge is 0.253 e. The van der Waals surface area contributed by atoms with E-state index in [0.717, 1.165) is 5.56 Å². The van der Waals surface area contributed by atoms with Crippen molar-refractivity contribution < 1.29 is 9.90 Å². The molecule has 1 amide bonds. The fourth-order valence-corrected chi connectivity index (χ4v) is 2.33. The van der Waals surface area contributed by atoms with Gasteiger partial charge in [-0.3, -0.25) is 4.79 Å². The molecule has 0 aliphatic heterocycles. The van der Waals surface area contributed by atoms with E-state index in [0.29, 0.717) is 18.2 Å². The Morgan fingerprint density at radius 1 is 1.43 bits per heavy atom. The van der Waals surface area contributed by atoms with Crippen LogP contribution in [0.5, 0.6) is 0 Å². The largest absolute Gasteiger partial charge is 0.387 e. The molecule has 1 aromatic carbocycles. The lowest BCUT2D eigenvalue weighted by Gasteiger charge is -2.28. The molecule has 1 unspecified atom stereocenters. The number of rotatable bonds is 6. The summed E-state index contributed by atoms with van der Waals surface area (Å²) in [6.45, 7) is 4.51. The number of aliphatic hydroxyl groups is 1. The summed E-state index contributed by atoms with van der Waals surface area (Å²) in [7, 11) is 1.80. The third-order valence-electron chi connectivity index (χ3n) is 4.32. The third-order valence-corrected chi connectivity index (χ3v) is 4.32. The van der Waals surface area contributed by atoms with Crippen LogP contribution in [0.15, 0.2) is 24.3 Å². The number of hydrogen-bond donors (Lipinski definition) is 2. The highest BCUT2D eigenvalue weighted by Gasteiger charge is 2.19. The van der Waals surface area contributed by atoms with Crippen molar-refractivity contribution in [2.45, 2.75) is 51.3 Å². The van der Waals surface area contributed by atoms with Gasteiger partial charge in [-0.15, -0.1) is 0 Å². The molecular formula is C17H26N2O2. The predicted octanol–water partition coefficient (Wildman–Crippen LogP) is 2.34. The highest BCUT2D eigenvalue weighted by molar-refractivity contribution is 5.94. The Morgan fingerprint density at radius 2 is 2.14 bits per heavy atom. The Bertz CT molecular complexity index is 483. The molecule has 0 heterocycles. The van der Waals surface area contributed by atoms with Gasteiger partial charge in [0, 0.05) is 31.2 Å². The lowest BCUT2D eigenvalue weighted by Crippen LogP contribution is -2.37. The Morgan fingerprint density at radius 3 is 2.71 bits per heavy atom. The molecule has 1 atom stereocenters. The topological polar surface area (TPSA) is 52.6 Å². The van der Waals surface area contributed by atoms with Crippen LogP contribution in [0.3, 0.4) is 0 Å². The minimum absolute atomic E-state index is 0.00833. The molecular weight excluding hydrogens is 264 g/mol. The number of benzene rings is 1. The first-order valence-electron chi connectivity index (χ1n) is 7.77. The number of carbonyl (C=O) groups is 1. The second-order valence-corrected chi connectivity index (χ2v) is 6.19. The normalized spacial score (nSPS) is 16.6. The third kappa shape index (κ3) is 4.05. The maximum absolute atomic E-state index is 12.3. The summed E-state index contributed by atoms with van der Waals surface area (Å²) in [4.78, 5) is 14.0. The van der Waals surface area contributed by atoms with Crippen LogP contribution < -0.4 is 5.32 Å². The fourth-order valence-electron chi connectivity index (χ4n) is 2.33. The molecule has 2 rings (SSSR count). The number of hydrogen-bond acceptors (Lipinski definition) is 3. The van der Waals surface area contributed by atoms with Gasteiger partial charge in [0.1, 0.15) is 0 Å². The van der Waals surface area contributed by atoms with Crippen LogP contribution in [0.1, 0.15) is 55.1 Å². The van der Waals surface area contributed by atoms with E-state index in [2.05, 4.69) is 5.32 Å². The highest BCUT2D eigenvalue weighted by Crippen LogP contribution is 2.20. The summed E-state index contributed by atoms with van der Waals surface area (Å²) in [6, 6.07) is 8.02. The van der Waals surface area contributed by atoms with E-state index < -0.39 is 6.10 Å². The molecule has 0 saturated heterocycles. The molecule has 1 aliphatic carbocycles. The molecule has 1 aliphatic rings. The summed E-state index contributed by atoms with van der Waals surface area (Å²) < 4.78 is 0. The Kier molecular flexibility index (Phi) is 5.37. The van der Waals surface area contributed by atoms with Crippen LogP contribution in [0, 0.1) is 0 Å². The van der Waals surface area contributed by atoms with Crippen LogP contribution >= 0.6 is 0 Å². The van der Waals surface area contributed by atoms with E-state index in [4.69, 9.17) is 0 Å². The Hall–Kier alpha value is -1.39. The summed E-state index contributed by atoms with van der Waals surface area (Å²) in [6.07, 6.45) is 3.11. The molecule has 0 aromatic heterocycles. The van der Waals surface area contributed by atoms with Crippen LogP contribution in [0.4, 0.5) is 0 Å². The SMILES string of the molecule is CC(C)N(C)C(=O)c1cccc(C(O)CNC2CCC2)c1. The molecule has 21 heavy (non-hydrogen) atoms. The van der Waals surface area contributed by atoms with Crippen LogP contribution in [0.25, 0.3) is 0 Å². The minimum Gasteiger partial charge on any atom is -0.387 e. The van der Waals surface area contributed by atoms with E-state index in [1.54, 1.807) is 24.1 Å². The summed E-state index contributed by atoms with van der Waals surface area (Å²) in [5, 5.41) is 13.6. The zero-order valence-corrected chi connectivity index (χ0v) is 13.2. The first kappa shape index (κ1) is 16.0. The monoisotopic (exact) mass is 290 g/mol. The van der Waals surface area contributed by atoms with Gasteiger partial charge in [-0.05, 0) is 44.4 Å². The molecule has 0 bridgehead atoms. The van der Waals surface area contributed by atoms with Crippen molar-refractivity contribution in [3.63, 3.8) is 0 Å². The Labute approximate surface area is 127 Å². The Balaban J connectivity index is 2.00. The van der Waals surface area contributed by atoms with Crippen molar-refractivity contribution in [1.29, 1.82) is 0 Å². The molecule has 0 radical (unpaired) electrons. The molecule has 0 spiro atoms. The van der Waals surface area contributed by atoms with E-state index in [9.17, 15) is 9.90 Å². The number of nitrogens with one attached hydrogen (secondary N) is 1. The lowest BCUT2D eigenvalue weighted by atomic mass is 9.93. The average Bonchev–Trinajstić information content (AvgIpc) is 2.43. The second kappa shape index (κ2) is 7.05. The van der Waals surface area contributed by atoms with Gasteiger partial charge in [0.15, 0.2) is 0 Å². The number of carbonyl (C=O) groups excluding carboxylic acids is 1. The molecule has 4 nitrogen and oxygen atoms in total. The van der Waals surface area contributed by atoms with Gasteiger partial charge in [-0.1, -0.05) is 18.6 Å². The molecule has 4 heteroatoms. The van der Waals surface area contributed by atoms with Crippen molar-refractivity contribution in [2.24, 2.45) is 0 Å². The molecule has 116 valence electrons. The summed E-state index contributed by atoms with van der Waals surface area (Å²) in [5.41, 5.74) is 1.43. The number of nitrogens with zero attached hydrogens (tertiary/aromatic N) is 1. The van der Waals surface area contributed by atoms with Crippen molar-refractivity contribution in [1.82, 2.24) is 10.2 Å². The van der Waals surface area contributed by atoms with Gasteiger partial charge in [0.25, 0.3) is 5.91 Å². The standard InChI is InChI=1S/C17H26N2O2/c1-12(2)19(3)17(21)14-7-4-6-13(10-14)16(20)11-18-15-8-5-9-15/h4,6-7,10,12,15-16,18,20H,5,8-9,11H2,1-3H3. The molecule has 2 N–H and O–H groups in total. The van der Waals surface area contributed by atoms with Gasteiger partial charge < -0.3 is 15.3 Å². The molecule has 1 aromatic rings. The quantitative estimate of drug-likeness (QED) is 0.845. The van der Waals surface area contributed by atoms with Gasteiger partial charge in [-0.2, -0.15) is 0 Å². The van der Waals surface area contributed by atoms with Crippen LogP contribution in [-0.2, 0) is 0 Å². The predicted molar refractivity (Wildman–Crippen MR) is 84.3 cm³/mol. The van der Waals surface area contributed by atoms with Crippen molar-refractivity contribution >= 4 is 5.91 Å². The zero-order chi connectivity index (χ0) is 15.4. The maximum Gasteiger partial charge on any atom is 0.253 e. The number of amides is 1. The zero-order valence-electron chi connectivity index (χ0n) is 13.2. The van der Waals surface area contributed by atoms with Crippen LogP contribution in [0.2, 0.25) is 0 Å². The summed E-state index contributed by atoms with van der Waals surface area (Å²) >= 11 is 0. The first-order chi connectivity index (χ1) is 9.99.